The van der Waals surface area contributed by atoms with Gasteiger partial charge in [-0.1, -0.05) is 0 Å². The van der Waals surface area contributed by atoms with Gasteiger partial charge in [0.25, 0.3) is 0 Å². The van der Waals surface area contributed by atoms with E-state index in [0.717, 1.165) is 27.2 Å². The first-order valence-corrected chi connectivity index (χ1v) is 6.21. The minimum absolute atomic E-state index is 0.254. The minimum Gasteiger partial charge on any atom is -0.454 e. The van der Waals surface area contributed by atoms with E-state index >= 15 is 0 Å². The number of nitrogens with two attached hydrogens (primary N) is 1. The lowest BCUT2D eigenvalue weighted by Gasteiger charge is -2.03. The van der Waals surface area contributed by atoms with Crippen molar-refractivity contribution in [1.82, 2.24) is 4.98 Å². The number of hydrogen-bond donors (Lipinski definition) is 1. The molecule has 0 saturated carbocycles. The monoisotopic (exact) mass is 298 g/mol. The predicted molar refractivity (Wildman–Crippen MR) is 65.8 cm³/mol. The second kappa shape index (κ2) is 3.64. The molecule has 1 aliphatic rings. The van der Waals surface area contributed by atoms with Crippen LogP contribution in [-0.2, 0) is 0 Å². The van der Waals surface area contributed by atoms with Crippen molar-refractivity contribution >= 4 is 32.3 Å². The molecule has 2 heterocycles. The molecule has 0 bridgehead atoms. The van der Waals surface area contributed by atoms with Crippen LogP contribution in [-0.4, -0.2) is 11.8 Å². The first-order chi connectivity index (χ1) is 7.75. The summed E-state index contributed by atoms with van der Waals surface area (Å²) < 4.78 is 11.5. The van der Waals surface area contributed by atoms with Gasteiger partial charge in [-0.2, -0.15) is 0 Å². The molecule has 0 saturated heterocycles. The van der Waals surface area contributed by atoms with Gasteiger partial charge in [-0.05, 0) is 28.1 Å². The van der Waals surface area contributed by atoms with E-state index in [1.807, 2.05) is 12.1 Å². The number of fused-ring (bicyclic) bond motifs is 1. The fourth-order valence-electron chi connectivity index (χ4n) is 1.58. The number of ether oxygens (including phenoxy) is 2. The van der Waals surface area contributed by atoms with Gasteiger partial charge in [0.05, 0.1) is 9.98 Å². The summed E-state index contributed by atoms with van der Waals surface area (Å²) in [5, 5.41) is 0.700. The third-order valence-electron chi connectivity index (χ3n) is 2.30. The Morgan fingerprint density at radius 3 is 3.00 bits per heavy atom. The maximum Gasteiger partial charge on any atom is 0.231 e. The van der Waals surface area contributed by atoms with Crippen LogP contribution in [0.1, 0.15) is 0 Å². The van der Waals surface area contributed by atoms with E-state index < -0.39 is 0 Å². The summed E-state index contributed by atoms with van der Waals surface area (Å²) in [5.41, 5.74) is 9.27. The summed E-state index contributed by atoms with van der Waals surface area (Å²) in [6, 6.07) is 3.82. The van der Waals surface area contributed by atoms with Crippen LogP contribution in [0.5, 0.6) is 11.5 Å². The molecule has 4 nitrogen and oxygen atoms in total. The molecule has 0 atom stereocenters. The Balaban J connectivity index is 2.17. The average molecular weight is 299 g/mol. The highest BCUT2D eigenvalue weighted by Gasteiger charge is 2.19. The number of nitrogen functional groups attached to an aromatic ring is 1. The fourth-order valence-corrected chi connectivity index (χ4v) is 2.69. The number of benzene rings is 1. The van der Waals surface area contributed by atoms with E-state index in [9.17, 15) is 0 Å². The maximum absolute atomic E-state index is 5.84. The summed E-state index contributed by atoms with van der Waals surface area (Å²) in [7, 11) is 0. The molecule has 0 fully saturated rings. The quantitative estimate of drug-likeness (QED) is 0.879. The highest BCUT2D eigenvalue weighted by molar-refractivity contribution is 9.10. The lowest BCUT2D eigenvalue weighted by atomic mass is 10.1. The van der Waals surface area contributed by atoms with Crippen molar-refractivity contribution in [3.05, 3.63) is 22.1 Å². The Kier molecular flexibility index (Phi) is 2.26. The van der Waals surface area contributed by atoms with Crippen LogP contribution < -0.4 is 15.2 Å². The number of aromatic nitrogens is 1. The number of anilines is 1. The predicted octanol–water partition coefficient (Wildman–Crippen LogP) is 2.88. The Hall–Kier alpha value is -1.27. The van der Waals surface area contributed by atoms with Crippen molar-refractivity contribution in [2.75, 3.05) is 12.5 Å². The molecule has 0 aliphatic carbocycles. The second-order valence-corrected chi connectivity index (χ2v) is 5.00. The van der Waals surface area contributed by atoms with Gasteiger partial charge in [0.15, 0.2) is 11.5 Å². The van der Waals surface area contributed by atoms with Crippen molar-refractivity contribution in [3.8, 4) is 22.8 Å². The molecule has 1 aromatic carbocycles. The van der Waals surface area contributed by atoms with Gasteiger partial charge >= 0.3 is 0 Å². The van der Waals surface area contributed by atoms with Crippen molar-refractivity contribution in [2.45, 2.75) is 0 Å². The molecule has 0 unspecified atom stereocenters. The molecule has 0 amide bonds. The number of thiazole rings is 1. The normalized spacial score (nSPS) is 13.1. The number of hydrogen-bond acceptors (Lipinski definition) is 5. The van der Waals surface area contributed by atoms with Crippen LogP contribution in [0.2, 0.25) is 0 Å². The van der Waals surface area contributed by atoms with Crippen molar-refractivity contribution in [2.24, 2.45) is 0 Å². The Bertz CT molecular complexity index is 556. The van der Waals surface area contributed by atoms with Gasteiger partial charge in [0.1, 0.15) is 10.7 Å². The van der Waals surface area contributed by atoms with E-state index in [2.05, 4.69) is 20.9 Å². The molecular weight excluding hydrogens is 292 g/mol. The summed E-state index contributed by atoms with van der Waals surface area (Å²) in [6.07, 6.45) is 0. The first-order valence-electron chi connectivity index (χ1n) is 4.54. The number of nitrogens with zero attached hydrogens (tertiary/aromatic N) is 1. The SMILES string of the molecule is Nc1scnc1-c1cc(Br)c2c(c1)OCO2. The van der Waals surface area contributed by atoms with Crippen molar-refractivity contribution < 1.29 is 9.47 Å². The van der Waals surface area contributed by atoms with Crippen LogP contribution in [0.4, 0.5) is 5.00 Å². The molecule has 2 N–H and O–H groups in total. The molecule has 16 heavy (non-hydrogen) atoms. The zero-order valence-electron chi connectivity index (χ0n) is 8.07. The van der Waals surface area contributed by atoms with Gasteiger partial charge < -0.3 is 15.2 Å². The molecule has 82 valence electrons. The minimum atomic E-state index is 0.254. The van der Waals surface area contributed by atoms with E-state index in [4.69, 9.17) is 15.2 Å². The number of rotatable bonds is 1. The van der Waals surface area contributed by atoms with Crippen LogP contribution in [0.15, 0.2) is 22.1 Å². The van der Waals surface area contributed by atoms with Gasteiger partial charge in [-0.25, -0.2) is 4.98 Å². The third kappa shape index (κ3) is 1.45. The van der Waals surface area contributed by atoms with Gasteiger partial charge in [-0.15, -0.1) is 11.3 Å². The van der Waals surface area contributed by atoms with Gasteiger partial charge in [0, 0.05) is 5.56 Å². The molecule has 0 radical (unpaired) electrons. The lowest BCUT2D eigenvalue weighted by Crippen LogP contribution is -1.93. The van der Waals surface area contributed by atoms with Crippen LogP contribution in [0.25, 0.3) is 11.3 Å². The van der Waals surface area contributed by atoms with E-state index in [1.54, 1.807) is 5.51 Å². The molecule has 3 rings (SSSR count). The Morgan fingerprint density at radius 1 is 1.38 bits per heavy atom. The first kappa shape index (κ1) is 9.92. The Morgan fingerprint density at radius 2 is 2.25 bits per heavy atom. The summed E-state index contributed by atoms with van der Waals surface area (Å²) in [5.74, 6) is 1.45. The largest absolute Gasteiger partial charge is 0.454 e. The van der Waals surface area contributed by atoms with E-state index in [-0.39, 0.29) is 6.79 Å². The van der Waals surface area contributed by atoms with Gasteiger partial charge in [-0.3, -0.25) is 0 Å². The zero-order valence-corrected chi connectivity index (χ0v) is 10.5. The van der Waals surface area contributed by atoms with Crippen LogP contribution in [0, 0.1) is 0 Å². The zero-order chi connectivity index (χ0) is 11.1. The fraction of sp³-hybridized carbons (Fsp3) is 0.100. The number of halogens is 1. The lowest BCUT2D eigenvalue weighted by molar-refractivity contribution is 0.173. The summed E-state index contributed by atoms with van der Waals surface area (Å²) >= 11 is 4.86. The third-order valence-corrected chi connectivity index (χ3v) is 3.54. The van der Waals surface area contributed by atoms with Crippen molar-refractivity contribution in [3.63, 3.8) is 0 Å². The van der Waals surface area contributed by atoms with Crippen molar-refractivity contribution in [1.29, 1.82) is 0 Å². The smallest absolute Gasteiger partial charge is 0.231 e. The second-order valence-electron chi connectivity index (χ2n) is 3.26. The topological polar surface area (TPSA) is 57.4 Å². The molecule has 6 heteroatoms. The van der Waals surface area contributed by atoms with E-state index in [0.29, 0.717) is 5.00 Å². The standard InChI is InChI=1S/C10H7BrN2O2S/c11-6-1-5(8-10(12)16-3-13-8)2-7-9(6)15-4-14-7/h1-3H,4,12H2. The highest BCUT2D eigenvalue weighted by Crippen LogP contribution is 2.43. The van der Waals surface area contributed by atoms with E-state index in [1.165, 1.54) is 11.3 Å². The Labute approximate surface area is 104 Å². The molecule has 0 spiro atoms. The summed E-state index contributed by atoms with van der Waals surface area (Å²) in [6.45, 7) is 0.254. The molecule has 2 aromatic rings. The average Bonchev–Trinajstić information content (AvgIpc) is 2.85. The molecule has 1 aliphatic heterocycles. The van der Waals surface area contributed by atoms with Gasteiger partial charge in [0.2, 0.25) is 6.79 Å². The molecular formula is C10H7BrN2O2S. The van der Waals surface area contributed by atoms with Crippen LogP contribution in [0.3, 0.4) is 0 Å². The summed E-state index contributed by atoms with van der Waals surface area (Å²) in [4.78, 5) is 4.23. The maximum atomic E-state index is 5.84. The van der Waals surface area contributed by atoms with Crippen LogP contribution >= 0.6 is 27.3 Å². The molecule has 1 aromatic heterocycles. The highest BCUT2D eigenvalue weighted by atomic mass is 79.9.